The molecule has 0 aromatic rings. The second kappa shape index (κ2) is 5.13. The van der Waals surface area contributed by atoms with Crippen molar-refractivity contribution in [1.29, 1.82) is 0 Å². The van der Waals surface area contributed by atoms with Gasteiger partial charge in [0.15, 0.2) is 0 Å². The summed E-state index contributed by atoms with van der Waals surface area (Å²) in [6.45, 7) is 2.83. The van der Waals surface area contributed by atoms with Crippen LogP contribution < -0.4 is 5.73 Å². The van der Waals surface area contributed by atoms with Gasteiger partial charge in [-0.05, 0) is 20.5 Å². The van der Waals surface area contributed by atoms with Gasteiger partial charge in [-0.3, -0.25) is 4.79 Å². The van der Waals surface area contributed by atoms with Gasteiger partial charge >= 0.3 is 0 Å². The minimum absolute atomic E-state index is 0.0231. The third kappa shape index (κ3) is 4.79. The van der Waals surface area contributed by atoms with Crippen LogP contribution in [0.25, 0.3) is 0 Å². The Bertz CT molecular complexity index is 123. The van der Waals surface area contributed by atoms with Gasteiger partial charge in [-0.2, -0.15) is 0 Å². The standard InChI is InChI=1S/C8H18N2O/c1-4-5-7(8(9)11)6-10(2)3/h7H,4-6H2,1-3H3,(H2,9,11)/t7-/m0/s1. The van der Waals surface area contributed by atoms with Crippen LogP contribution in [0.1, 0.15) is 19.8 Å². The Balaban J connectivity index is 3.79. The zero-order chi connectivity index (χ0) is 8.85. The quantitative estimate of drug-likeness (QED) is 0.631. The third-order valence-corrected chi connectivity index (χ3v) is 1.63. The number of rotatable bonds is 5. The smallest absolute Gasteiger partial charge is 0.221 e. The molecule has 0 spiro atoms. The third-order valence-electron chi connectivity index (χ3n) is 1.63. The number of hydrogen-bond acceptors (Lipinski definition) is 2. The molecule has 0 saturated heterocycles. The molecule has 0 fully saturated rings. The topological polar surface area (TPSA) is 46.3 Å². The second-order valence-corrected chi connectivity index (χ2v) is 3.15. The van der Waals surface area contributed by atoms with Gasteiger partial charge in [0.1, 0.15) is 0 Å². The number of carbonyl (C=O) groups excluding carboxylic acids is 1. The summed E-state index contributed by atoms with van der Waals surface area (Å²) in [4.78, 5) is 12.8. The lowest BCUT2D eigenvalue weighted by molar-refractivity contribution is -0.122. The van der Waals surface area contributed by atoms with E-state index < -0.39 is 0 Å². The van der Waals surface area contributed by atoms with Gasteiger partial charge < -0.3 is 10.6 Å². The van der Waals surface area contributed by atoms with Crippen molar-refractivity contribution >= 4 is 5.91 Å². The lowest BCUT2D eigenvalue weighted by Gasteiger charge is -2.16. The van der Waals surface area contributed by atoms with Crippen LogP contribution in [0.2, 0.25) is 0 Å². The molecule has 1 atom stereocenters. The van der Waals surface area contributed by atoms with Crippen LogP contribution in [0.3, 0.4) is 0 Å². The summed E-state index contributed by atoms with van der Waals surface area (Å²) in [5.74, 6) is -0.157. The second-order valence-electron chi connectivity index (χ2n) is 3.15. The van der Waals surface area contributed by atoms with E-state index >= 15 is 0 Å². The number of hydrogen-bond donors (Lipinski definition) is 1. The normalized spacial score (nSPS) is 13.5. The molecular weight excluding hydrogens is 140 g/mol. The summed E-state index contributed by atoms with van der Waals surface area (Å²) in [5, 5.41) is 0. The highest BCUT2D eigenvalue weighted by molar-refractivity contribution is 5.76. The molecule has 0 aliphatic carbocycles. The van der Waals surface area contributed by atoms with Gasteiger partial charge in [0.2, 0.25) is 5.91 Å². The van der Waals surface area contributed by atoms with Gasteiger partial charge in [0.05, 0.1) is 5.92 Å². The van der Waals surface area contributed by atoms with Gasteiger partial charge in [0, 0.05) is 6.54 Å². The SMILES string of the molecule is CCC[C@@H](CN(C)C)C(N)=O. The maximum atomic E-state index is 10.8. The molecule has 11 heavy (non-hydrogen) atoms. The fourth-order valence-corrected chi connectivity index (χ4v) is 1.11. The average molecular weight is 158 g/mol. The summed E-state index contributed by atoms with van der Waals surface area (Å²) < 4.78 is 0. The summed E-state index contributed by atoms with van der Waals surface area (Å²) in [5.41, 5.74) is 5.21. The van der Waals surface area contributed by atoms with Crippen molar-refractivity contribution in [2.45, 2.75) is 19.8 Å². The highest BCUT2D eigenvalue weighted by Gasteiger charge is 2.14. The van der Waals surface area contributed by atoms with E-state index in [0.717, 1.165) is 19.4 Å². The molecule has 0 radical (unpaired) electrons. The summed E-state index contributed by atoms with van der Waals surface area (Å²) in [7, 11) is 3.90. The van der Waals surface area contributed by atoms with E-state index in [9.17, 15) is 4.79 Å². The molecule has 0 heterocycles. The lowest BCUT2D eigenvalue weighted by Crippen LogP contribution is -2.32. The van der Waals surface area contributed by atoms with E-state index in [1.807, 2.05) is 19.0 Å². The molecule has 0 aromatic carbocycles. The van der Waals surface area contributed by atoms with E-state index in [1.165, 1.54) is 0 Å². The highest BCUT2D eigenvalue weighted by atomic mass is 16.1. The zero-order valence-electron chi connectivity index (χ0n) is 7.63. The number of amides is 1. The van der Waals surface area contributed by atoms with Crippen molar-refractivity contribution in [3.8, 4) is 0 Å². The van der Waals surface area contributed by atoms with E-state index in [0.29, 0.717) is 0 Å². The van der Waals surface area contributed by atoms with Crippen molar-refractivity contribution in [3.63, 3.8) is 0 Å². The first kappa shape index (κ1) is 10.4. The fourth-order valence-electron chi connectivity index (χ4n) is 1.11. The number of carbonyl (C=O) groups is 1. The molecule has 3 heteroatoms. The molecule has 2 N–H and O–H groups in total. The predicted molar refractivity (Wildman–Crippen MR) is 46.1 cm³/mol. The van der Waals surface area contributed by atoms with Crippen molar-refractivity contribution in [2.24, 2.45) is 11.7 Å². The minimum Gasteiger partial charge on any atom is -0.369 e. The molecule has 0 bridgehead atoms. The predicted octanol–water partition coefficient (Wildman–Crippen LogP) is 0.450. The Morgan fingerprint density at radius 1 is 1.55 bits per heavy atom. The Morgan fingerprint density at radius 2 is 2.09 bits per heavy atom. The van der Waals surface area contributed by atoms with Crippen molar-refractivity contribution in [3.05, 3.63) is 0 Å². The summed E-state index contributed by atoms with van der Waals surface area (Å²) >= 11 is 0. The molecule has 66 valence electrons. The van der Waals surface area contributed by atoms with Crippen molar-refractivity contribution < 1.29 is 4.79 Å². The van der Waals surface area contributed by atoms with Crippen LogP contribution in [0.5, 0.6) is 0 Å². The Hall–Kier alpha value is -0.570. The molecule has 0 aromatic heterocycles. The Morgan fingerprint density at radius 3 is 2.36 bits per heavy atom. The number of primary amides is 1. The average Bonchev–Trinajstić information content (AvgIpc) is 1.86. The van der Waals surface area contributed by atoms with Gasteiger partial charge in [0.25, 0.3) is 0 Å². The molecule has 0 aliphatic rings. The first-order valence-corrected chi connectivity index (χ1v) is 4.02. The zero-order valence-corrected chi connectivity index (χ0v) is 7.63. The first-order chi connectivity index (χ1) is 5.07. The Labute approximate surface area is 68.6 Å². The van der Waals surface area contributed by atoms with E-state index in [-0.39, 0.29) is 11.8 Å². The Kier molecular flexibility index (Phi) is 4.86. The van der Waals surface area contributed by atoms with E-state index in [1.54, 1.807) is 0 Å². The highest BCUT2D eigenvalue weighted by Crippen LogP contribution is 2.05. The van der Waals surface area contributed by atoms with Crippen LogP contribution in [-0.4, -0.2) is 31.4 Å². The monoisotopic (exact) mass is 158 g/mol. The molecule has 1 amide bonds. The van der Waals surface area contributed by atoms with Crippen LogP contribution in [0.15, 0.2) is 0 Å². The maximum Gasteiger partial charge on any atom is 0.221 e. The maximum absolute atomic E-state index is 10.8. The summed E-state index contributed by atoms with van der Waals surface area (Å²) in [6.07, 6.45) is 1.91. The molecule has 0 saturated carbocycles. The van der Waals surface area contributed by atoms with Crippen molar-refractivity contribution in [1.82, 2.24) is 4.90 Å². The van der Waals surface area contributed by atoms with Crippen molar-refractivity contribution in [2.75, 3.05) is 20.6 Å². The molecule has 0 unspecified atom stereocenters. The first-order valence-electron chi connectivity index (χ1n) is 4.02. The van der Waals surface area contributed by atoms with Crippen LogP contribution in [0.4, 0.5) is 0 Å². The summed E-state index contributed by atoms with van der Waals surface area (Å²) in [6, 6.07) is 0. The van der Waals surface area contributed by atoms with Crippen LogP contribution in [-0.2, 0) is 4.79 Å². The van der Waals surface area contributed by atoms with Crippen LogP contribution in [0, 0.1) is 5.92 Å². The molecular formula is C8H18N2O. The van der Waals surface area contributed by atoms with E-state index in [4.69, 9.17) is 5.73 Å². The number of nitrogens with two attached hydrogens (primary N) is 1. The largest absolute Gasteiger partial charge is 0.369 e. The minimum atomic E-state index is -0.180. The van der Waals surface area contributed by atoms with Gasteiger partial charge in [-0.15, -0.1) is 0 Å². The van der Waals surface area contributed by atoms with Gasteiger partial charge in [-0.1, -0.05) is 13.3 Å². The van der Waals surface area contributed by atoms with Gasteiger partial charge in [-0.25, -0.2) is 0 Å². The fraction of sp³-hybridized carbons (Fsp3) is 0.875. The number of nitrogens with zero attached hydrogens (tertiary/aromatic N) is 1. The molecule has 0 rings (SSSR count). The van der Waals surface area contributed by atoms with E-state index in [2.05, 4.69) is 6.92 Å². The molecule has 3 nitrogen and oxygen atoms in total. The van der Waals surface area contributed by atoms with Crippen LogP contribution >= 0.6 is 0 Å². The molecule has 0 aliphatic heterocycles. The lowest BCUT2D eigenvalue weighted by atomic mass is 10.0.